The maximum atomic E-state index is 4.67. The fourth-order valence-corrected chi connectivity index (χ4v) is 17.4. The van der Waals surface area contributed by atoms with Gasteiger partial charge in [0.15, 0.2) is 0 Å². The third-order valence-corrected chi connectivity index (χ3v) is 17.4. The molecule has 0 aromatic carbocycles. The monoisotopic (exact) mass is 590 g/mol. The van der Waals surface area contributed by atoms with E-state index in [-0.39, 0.29) is 10.6 Å². The van der Waals surface area contributed by atoms with Crippen LogP contribution in [0.2, 0.25) is 44.8 Å². The van der Waals surface area contributed by atoms with Gasteiger partial charge in [0.2, 0.25) is 0 Å². The molecule has 5 aliphatic carbocycles. The van der Waals surface area contributed by atoms with Gasteiger partial charge in [-0.3, -0.25) is 9.97 Å². The third kappa shape index (κ3) is 4.38. The average molecular weight is 591 g/mol. The summed E-state index contributed by atoms with van der Waals surface area (Å²) in [5.74, 6) is 3.56. The van der Waals surface area contributed by atoms with E-state index >= 15 is 0 Å². The zero-order valence-electron chi connectivity index (χ0n) is 24.9. The van der Waals surface area contributed by atoms with Crippen molar-refractivity contribution in [3.63, 3.8) is 0 Å². The molecule has 2 aromatic heterocycles. The van der Waals surface area contributed by atoms with Crippen LogP contribution in [0, 0.1) is 29.1 Å². The minimum atomic E-state index is -1.67. The van der Waals surface area contributed by atoms with Gasteiger partial charge in [-0.05, 0) is 102 Å². The summed E-state index contributed by atoms with van der Waals surface area (Å²) in [6, 6.07) is 8.83. The minimum Gasteiger partial charge on any atom is -0.264 e. The predicted molar refractivity (Wildman–Crippen MR) is 179 cm³/mol. The van der Waals surface area contributed by atoms with Crippen LogP contribution < -0.4 is 0 Å². The highest BCUT2D eigenvalue weighted by Gasteiger charge is 2.62. The topological polar surface area (TPSA) is 25.8 Å². The van der Waals surface area contributed by atoms with Gasteiger partial charge in [0.25, 0.3) is 0 Å². The number of hydrogen-bond donors (Lipinski definition) is 0. The molecule has 0 amide bonds. The molecular weight excluding hydrogens is 542 g/mol. The van der Waals surface area contributed by atoms with Crippen LogP contribution in [0.5, 0.6) is 0 Å². The molecule has 3 atom stereocenters. The van der Waals surface area contributed by atoms with Crippen molar-refractivity contribution < 1.29 is 0 Å². The molecule has 6 heteroatoms. The Morgan fingerprint density at radius 3 is 1.74 bits per heavy atom. The Balaban J connectivity index is 1.69. The van der Waals surface area contributed by atoms with Crippen molar-refractivity contribution in [1.29, 1.82) is 0 Å². The van der Waals surface area contributed by atoms with Crippen LogP contribution in [0.15, 0.2) is 71.5 Å². The Morgan fingerprint density at radius 1 is 0.846 bits per heavy atom. The lowest BCUT2D eigenvalue weighted by Crippen LogP contribution is -2.56. The molecular formula is C33H48N2P2Si2. The molecule has 2 heterocycles. The normalized spacial score (nSPS) is 32.6. The van der Waals surface area contributed by atoms with Crippen LogP contribution in [0.25, 0.3) is 0 Å². The Labute approximate surface area is 243 Å². The van der Waals surface area contributed by atoms with Crippen molar-refractivity contribution in [1.82, 2.24) is 9.97 Å². The predicted octanol–water partition coefficient (Wildman–Crippen LogP) is 8.74. The van der Waals surface area contributed by atoms with Crippen LogP contribution in [-0.4, -0.2) is 32.3 Å². The number of hydrogen-bond acceptors (Lipinski definition) is 2. The molecule has 0 spiro atoms. The smallest absolute Gasteiger partial charge is 0.0732 e. The first-order chi connectivity index (χ1) is 18.4. The molecule has 5 aliphatic rings. The summed E-state index contributed by atoms with van der Waals surface area (Å²) in [7, 11) is 3.48. The summed E-state index contributed by atoms with van der Waals surface area (Å²) >= 11 is 0. The quantitative estimate of drug-likeness (QED) is 0.238. The van der Waals surface area contributed by atoms with Crippen molar-refractivity contribution in [3.8, 4) is 0 Å². The number of allylic oxidation sites excluding steroid dienone is 4. The van der Waals surface area contributed by atoms with E-state index in [0.29, 0.717) is 5.54 Å². The third-order valence-electron chi connectivity index (χ3n) is 11.0. The van der Waals surface area contributed by atoms with Gasteiger partial charge in [-0.25, -0.2) is 0 Å². The maximum Gasteiger partial charge on any atom is 0.0732 e. The zero-order valence-corrected chi connectivity index (χ0v) is 29.2. The largest absolute Gasteiger partial charge is 0.264 e. The van der Waals surface area contributed by atoms with E-state index in [0.717, 1.165) is 23.7 Å². The molecule has 0 saturated heterocycles. The number of rotatable bonds is 7. The Morgan fingerprint density at radius 2 is 1.36 bits per heavy atom. The second-order valence-corrected chi connectivity index (χ2v) is 27.0. The first-order valence-electron chi connectivity index (χ1n) is 15.2. The highest BCUT2D eigenvalue weighted by molar-refractivity contribution is 7.19. The van der Waals surface area contributed by atoms with Crippen LogP contribution >= 0.6 is 18.5 Å². The van der Waals surface area contributed by atoms with E-state index in [1.54, 1.807) is 11.1 Å². The summed E-state index contributed by atoms with van der Waals surface area (Å²) in [5.41, 5.74) is 6.77. The van der Waals surface area contributed by atoms with Gasteiger partial charge in [-0.15, -0.1) is 18.5 Å². The Kier molecular flexibility index (Phi) is 7.11. The van der Waals surface area contributed by atoms with Crippen molar-refractivity contribution in [2.24, 2.45) is 29.1 Å². The maximum absolute atomic E-state index is 4.67. The summed E-state index contributed by atoms with van der Waals surface area (Å²) in [4.78, 5) is 9.33. The fourth-order valence-electron chi connectivity index (χ4n) is 9.53. The second-order valence-electron chi connectivity index (χ2n) is 15.3. The lowest BCUT2D eigenvalue weighted by Gasteiger charge is -2.63. The first-order valence-corrected chi connectivity index (χ1v) is 23.7. The average Bonchev–Trinajstić information content (AvgIpc) is 3.32. The van der Waals surface area contributed by atoms with Crippen molar-refractivity contribution >= 4 is 34.6 Å². The van der Waals surface area contributed by atoms with Crippen molar-refractivity contribution in [3.05, 3.63) is 82.6 Å². The van der Waals surface area contributed by atoms with Gasteiger partial charge in [0.1, 0.15) is 0 Å². The molecule has 7 rings (SSSR count). The van der Waals surface area contributed by atoms with E-state index in [1.807, 2.05) is 17.6 Å². The fraction of sp³-hybridized carbons (Fsp3) is 0.576. The second kappa shape index (κ2) is 9.83. The molecule has 4 saturated carbocycles. The van der Waals surface area contributed by atoms with Crippen LogP contribution in [0.3, 0.4) is 0 Å². The van der Waals surface area contributed by atoms with Gasteiger partial charge in [0.05, 0.1) is 21.3 Å². The molecule has 3 unspecified atom stereocenters. The summed E-state index contributed by atoms with van der Waals surface area (Å²) in [6.45, 7) is 15.7. The Bertz CT molecular complexity index is 1220. The molecule has 2 nitrogen and oxygen atoms in total. The number of pyridine rings is 2. The van der Waals surface area contributed by atoms with E-state index in [2.05, 4.69) is 110 Å². The van der Waals surface area contributed by atoms with E-state index in [4.69, 9.17) is 0 Å². The summed E-state index contributed by atoms with van der Waals surface area (Å²) < 4.78 is 0. The van der Waals surface area contributed by atoms with Gasteiger partial charge in [0, 0.05) is 30.2 Å². The Hall–Kier alpha value is -0.926. The molecule has 4 fully saturated rings. The molecule has 0 radical (unpaired) electrons. The molecule has 2 aromatic rings. The summed E-state index contributed by atoms with van der Waals surface area (Å²) in [5, 5.41) is 1.53. The molecule has 208 valence electrons. The lowest BCUT2D eigenvalue weighted by molar-refractivity contribution is -0.0737. The van der Waals surface area contributed by atoms with Gasteiger partial charge in [-0.1, -0.05) is 62.7 Å². The SMILES string of the molecule is C[Si](C)(C)C1=C(C2(CP)C3CC4CC(C3)CC2C4)C(C(P)(c2cccnc2)c2cccnc2)=CC1[Si](C)(C)C. The van der Waals surface area contributed by atoms with Crippen LogP contribution in [0.4, 0.5) is 0 Å². The van der Waals surface area contributed by atoms with Crippen LogP contribution in [0.1, 0.15) is 43.2 Å². The number of aromatic nitrogens is 2. The number of nitrogens with zero attached hydrogens (tertiary/aromatic N) is 2. The van der Waals surface area contributed by atoms with E-state index in [9.17, 15) is 0 Å². The molecule has 39 heavy (non-hydrogen) atoms. The highest BCUT2D eigenvalue weighted by Crippen LogP contribution is 2.70. The van der Waals surface area contributed by atoms with Crippen LogP contribution in [-0.2, 0) is 5.16 Å². The van der Waals surface area contributed by atoms with Gasteiger partial charge < -0.3 is 0 Å². The van der Waals surface area contributed by atoms with E-state index < -0.39 is 16.1 Å². The molecule has 0 aliphatic heterocycles. The standard InChI is InChI=1S/C33H48N2P2Si2/c1-38(2,3)29-18-28(33(37,24-9-7-11-34-19-24)25-10-8-12-35-20-25)30(31(29)39(4,5)6)32(21-36)26-14-22-13-23(16-26)17-27(32)15-22/h7-12,18-20,22-23,26-27,29H,13-17,21,36-37H2,1-6H3. The lowest BCUT2D eigenvalue weighted by atomic mass is 9.43. The van der Waals surface area contributed by atoms with Gasteiger partial charge in [-0.2, -0.15) is 0 Å². The first kappa shape index (κ1) is 28.2. The van der Waals surface area contributed by atoms with E-state index in [1.165, 1.54) is 49.4 Å². The van der Waals surface area contributed by atoms with Crippen molar-refractivity contribution in [2.75, 3.05) is 6.16 Å². The summed E-state index contributed by atoms with van der Waals surface area (Å²) in [6.07, 6.45) is 19.3. The molecule has 4 bridgehead atoms. The minimum absolute atomic E-state index is 0.264. The van der Waals surface area contributed by atoms with Crippen molar-refractivity contribution in [2.45, 2.75) is 82.1 Å². The molecule has 0 N–H and O–H groups in total. The highest BCUT2D eigenvalue weighted by atomic mass is 31.0. The zero-order chi connectivity index (χ0) is 27.8. The van der Waals surface area contributed by atoms with Gasteiger partial charge >= 0.3 is 0 Å².